The van der Waals surface area contributed by atoms with Gasteiger partial charge in [-0.1, -0.05) is 19.3 Å². The second kappa shape index (κ2) is 11.0. The molecule has 1 aromatic heterocycles. The minimum absolute atomic E-state index is 0.0456. The molecule has 9 nitrogen and oxygen atoms in total. The van der Waals surface area contributed by atoms with E-state index in [2.05, 4.69) is 10.2 Å². The van der Waals surface area contributed by atoms with E-state index in [9.17, 15) is 14.4 Å². The number of nitrogens with one attached hydrogen (secondary N) is 1. The lowest BCUT2D eigenvalue weighted by Gasteiger charge is -2.48. The van der Waals surface area contributed by atoms with Crippen molar-refractivity contribution in [3.8, 4) is 5.75 Å². The molecule has 194 valence electrons. The van der Waals surface area contributed by atoms with Crippen LogP contribution in [0.15, 0.2) is 27.4 Å². The summed E-state index contributed by atoms with van der Waals surface area (Å²) in [7, 11) is 0. The van der Waals surface area contributed by atoms with Crippen LogP contribution in [0.4, 0.5) is 0 Å². The van der Waals surface area contributed by atoms with Gasteiger partial charge in [0, 0.05) is 42.2 Å². The van der Waals surface area contributed by atoms with Gasteiger partial charge in [-0.3, -0.25) is 9.69 Å². The topological polar surface area (TPSA) is 107 Å². The molecule has 36 heavy (non-hydrogen) atoms. The van der Waals surface area contributed by atoms with Gasteiger partial charge in [-0.2, -0.15) is 0 Å². The maximum atomic E-state index is 12.4. The van der Waals surface area contributed by atoms with Gasteiger partial charge in [-0.25, -0.2) is 9.59 Å². The van der Waals surface area contributed by atoms with Crippen molar-refractivity contribution >= 4 is 22.8 Å². The average molecular weight is 499 g/mol. The molecule has 1 aliphatic heterocycles. The summed E-state index contributed by atoms with van der Waals surface area (Å²) in [4.78, 5) is 39.3. The van der Waals surface area contributed by atoms with Crippen LogP contribution in [0.2, 0.25) is 0 Å². The molecule has 0 atom stereocenters. The lowest BCUT2D eigenvalue weighted by Crippen LogP contribution is -2.59. The molecule has 0 bridgehead atoms. The summed E-state index contributed by atoms with van der Waals surface area (Å²) < 4.78 is 21.6. The van der Waals surface area contributed by atoms with Crippen LogP contribution in [0.25, 0.3) is 11.0 Å². The van der Waals surface area contributed by atoms with Gasteiger partial charge in [-0.15, -0.1) is 0 Å². The van der Waals surface area contributed by atoms with Gasteiger partial charge < -0.3 is 23.9 Å². The van der Waals surface area contributed by atoms with Crippen molar-refractivity contribution in [2.45, 2.75) is 56.9 Å². The van der Waals surface area contributed by atoms with Crippen LogP contribution in [0, 0.1) is 0 Å². The zero-order valence-electron chi connectivity index (χ0n) is 20.6. The minimum Gasteiger partial charge on any atom is -0.482 e. The van der Waals surface area contributed by atoms with Crippen LogP contribution in [0.1, 0.15) is 49.7 Å². The number of fused-ring (bicyclic) bond motifs is 3. The molecule has 0 radical (unpaired) electrons. The first-order valence-corrected chi connectivity index (χ1v) is 13.0. The number of morpholine rings is 1. The third-order valence-corrected chi connectivity index (χ3v) is 7.75. The van der Waals surface area contributed by atoms with E-state index in [0.717, 1.165) is 87.8 Å². The first kappa shape index (κ1) is 24.8. The summed E-state index contributed by atoms with van der Waals surface area (Å²) >= 11 is 0. The van der Waals surface area contributed by atoms with Crippen LogP contribution in [0.5, 0.6) is 5.75 Å². The van der Waals surface area contributed by atoms with E-state index in [4.69, 9.17) is 18.6 Å². The van der Waals surface area contributed by atoms with Gasteiger partial charge in [0.25, 0.3) is 5.91 Å². The fourth-order valence-corrected chi connectivity index (χ4v) is 5.85. The minimum atomic E-state index is -0.638. The molecule has 0 spiro atoms. The normalized spacial score (nSPS) is 19.6. The Morgan fingerprint density at radius 2 is 1.78 bits per heavy atom. The highest BCUT2D eigenvalue weighted by atomic mass is 16.6. The SMILES string of the molecule is O=C(COC(=O)COc1ccc2c3c(c(=O)oc2c1)CCC3)NCC1(N2CCOCC2)CCCCC1. The summed E-state index contributed by atoms with van der Waals surface area (Å²) in [5, 5.41) is 3.89. The van der Waals surface area contributed by atoms with Crippen LogP contribution in [-0.2, 0) is 31.9 Å². The molecule has 2 aliphatic carbocycles. The van der Waals surface area contributed by atoms with Gasteiger partial charge in [0.1, 0.15) is 11.3 Å². The standard InChI is InChI=1S/C27H34N2O7/c30-24(28-18-27(9-2-1-3-10-27)29-11-13-33-14-12-29)16-35-25(31)17-34-19-7-8-21-20-5-4-6-22(20)26(32)36-23(21)15-19/h7-8,15H,1-6,9-14,16-18H2,(H,28,30). The Balaban J connectivity index is 1.10. The second-order valence-corrected chi connectivity index (χ2v) is 9.97. The largest absolute Gasteiger partial charge is 0.482 e. The summed E-state index contributed by atoms with van der Waals surface area (Å²) in [6, 6.07) is 5.22. The number of nitrogens with zero attached hydrogens (tertiary/aromatic N) is 1. The molecule has 5 rings (SSSR count). The van der Waals surface area contributed by atoms with Crippen molar-refractivity contribution in [3.05, 3.63) is 39.7 Å². The summed E-state index contributed by atoms with van der Waals surface area (Å²) in [5.74, 6) is -0.557. The van der Waals surface area contributed by atoms with E-state index in [1.807, 2.05) is 6.07 Å². The molecule has 1 amide bonds. The number of rotatable bonds is 8. The van der Waals surface area contributed by atoms with Crippen LogP contribution in [-0.4, -0.2) is 68.4 Å². The number of hydrogen-bond acceptors (Lipinski definition) is 8. The molecule has 3 aliphatic rings. The number of aryl methyl sites for hydroxylation is 1. The zero-order valence-corrected chi connectivity index (χ0v) is 20.6. The molecule has 2 heterocycles. The lowest BCUT2D eigenvalue weighted by atomic mass is 9.79. The highest BCUT2D eigenvalue weighted by Crippen LogP contribution is 2.34. The summed E-state index contributed by atoms with van der Waals surface area (Å²) in [6.45, 7) is 3.06. The van der Waals surface area contributed by atoms with Crippen molar-refractivity contribution in [3.63, 3.8) is 0 Å². The van der Waals surface area contributed by atoms with Gasteiger partial charge in [0.15, 0.2) is 13.2 Å². The van der Waals surface area contributed by atoms with E-state index >= 15 is 0 Å². The van der Waals surface area contributed by atoms with Crippen LogP contribution >= 0.6 is 0 Å². The second-order valence-electron chi connectivity index (χ2n) is 9.97. The number of carbonyl (C=O) groups excluding carboxylic acids is 2. The Morgan fingerprint density at radius 1 is 1.00 bits per heavy atom. The number of hydrogen-bond donors (Lipinski definition) is 1. The maximum Gasteiger partial charge on any atom is 0.344 e. The van der Waals surface area contributed by atoms with Gasteiger partial charge in [0.2, 0.25) is 0 Å². The first-order valence-electron chi connectivity index (χ1n) is 13.0. The molecule has 1 saturated heterocycles. The third-order valence-electron chi connectivity index (χ3n) is 7.75. The van der Waals surface area contributed by atoms with E-state index < -0.39 is 5.97 Å². The van der Waals surface area contributed by atoms with Crippen LogP contribution in [0.3, 0.4) is 0 Å². The lowest BCUT2D eigenvalue weighted by molar-refractivity contribution is -0.150. The number of esters is 1. The van der Waals surface area contributed by atoms with Gasteiger partial charge >= 0.3 is 11.6 Å². The van der Waals surface area contributed by atoms with E-state index in [-0.39, 0.29) is 30.3 Å². The summed E-state index contributed by atoms with van der Waals surface area (Å²) in [5.41, 5.74) is 1.90. The number of benzene rings is 1. The highest BCUT2D eigenvalue weighted by Gasteiger charge is 2.38. The van der Waals surface area contributed by atoms with Crippen molar-refractivity contribution < 1.29 is 28.2 Å². The molecule has 0 unspecified atom stereocenters. The Kier molecular flexibility index (Phi) is 7.57. The van der Waals surface area contributed by atoms with Crippen LogP contribution < -0.4 is 15.7 Å². The van der Waals surface area contributed by atoms with E-state index in [0.29, 0.717) is 17.9 Å². The molecular weight excluding hydrogens is 464 g/mol. The number of ether oxygens (including phenoxy) is 3. The zero-order chi connectivity index (χ0) is 25.0. The summed E-state index contributed by atoms with van der Waals surface area (Å²) in [6.07, 6.45) is 8.19. The number of amides is 1. The fourth-order valence-electron chi connectivity index (χ4n) is 5.85. The molecule has 9 heteroatoms. The Bertz CT molecular complexity index is 1160. The highest BCUT2D eigenvalue weighted by molar-refractivity contribution is 5.83. The average Bonchev–Trinajstić information content (AvgIpc) is 3.42. The fraction of sp³-hybridized carbons (Fsp3) is 0.593. The van der Waals surface area contributed by atoms with E-state index in [1.165, 1.54) is 6.42 Å². The Hall–Kier alpha value is -2.91. The predicted molar refractivity (Wildman–Crippen MR) is 132 cm³/mol. The van der Waals surface area contributed by atoms with Crippen molar-refractivity contribution in [1.82, 2.24) is 10.2 Å². The quantitative estimate of drug-likeness (QED) is 0.437. The molecule has 1 aromatic carbocycles. The molecule has 1 N–H and O–H groups in total. The Labute approximate surface area is 210 Å². The monoisotopic (exact) mass is 498 g/mol. The van der Waals surface area contributed by atoms with Crippen molar-refractivity contribution in [1.29, 1.82) is 0 Å². The molecule has 2 aromatic rings. The maximum absolute atomic E-state index is 12.4. The molecular formula is C27H34N2O7. The third kappa shape index (κ3) is 5.42. The molecule has 1 saturated carbocycles. The Morgan fingerprint density at radius 3 is 2.58 bits per heavy atom. The van der Waals surface area contributed by atoms with Crippen molar-refractivity contribution in [2.75, 3.05) is 46.1 Å². The molecule has 2 fully saturated rings. The first-order chi connectivity index (χ1) is 17.5. The van der Waals surface area contributed by atoms with Gasteiger partial charge in [0.05, 0.1) is 13.2 Å². The predicted octanol–water partition coefficient (Wildman–Crippen LogP) is 2.35. The van der Waals surface area contributed by atoms with Crippen molar-refractivity contribution in [2.24, 2.45) is 0 Å². The smallest absolute Gasteiger partial charge is 0.344 e. The van der Waals surface area contributed by atoms with Gasteiger partial charge in [-0.05, 0) is 49.8 Å². The number of carbonyl (C=O) groups is 2. The van der Waals surface area contributed by atoms with E-state index in [1.54, 1.807) is 12.1 Å².